The van der Waals surface area contributed by atoms with E-state index in [0.717, 1.165) is 12.1 Å². The van der Waals surface area contributed by atoms with E-state index in [1.54, 1.807) is 0 Å². The predicted octanol–water partition coefficient (Wildman–Crippen LogP) is 3.79. The van der Waals surface area contributed by atoms with Gasteiger partial charge in [-0.2, -0.15) is 0 Å². The summed E-state index contributed by atoms with van der Waals surface area (Å²) >= 11 is 0. The van der Waals surface area contributed by atoms with Gasteiger partial charge in [-0.1, -0.05) is 17.7 Å². The van der Waals surface area contributed by atoms with Crippen LogP contribution >= 0.6 is 0 Å². The lowest BCUT2D eigenvalue weighted by molar-refractivity contribution is 1.06. The van der Waals surface area contributed by atoms with Gasteiger partial charge in [0.2, 0.25) is 0 Å². The van der Waals surface area contributed by atoms with Gasteiger partial charge < -0.3 is 0 Å². The monoisotopic (exact) mass is 228 g/mol. The SMILES string of the molecule is C=N/C=C(Cc1cnc(C)c(C)c1)\C(C)=C/C. The highest BCUT2D eigenvalue weighted by molar-refractivity contribution is 5.37. The summed E-state index contributed by atoms with van der Waals surface area (Å²) in [5, 5.41) is 0. The van der Waals surface area contributed by atoms with E-state index in [0.29, 0.717) is 0 Å². The van der Waals surface area contributed by atoms with E-state index < -0.39 is 0 Å². The number of rotatable bonds is 4. The van der Waals surface area contributed by atoms with Crippen LogP contribution in [-0.4, -0.2) is 11.7 Å². The first-order chi connectivity index (χ1) is 8.08. The second kappa shape index (κ2) is 6.14. The van der Waals surface area contributed by atoms with Crippen LogP contribution in [0.15, 0.2) is 40.7 Å². The van der Waals surface area contributed by atoms with Crippen molar-refractivity contribution in [1.29, 1.82) is 0 Å². The van der Waals surface area contributed by atoms with Crippen molar-refractivity contribution in [3.8, 4) is 0 Å². The number of aryl methyl sites for hydroxylation is 2. The fraction of sp³-hybridized carbons (Fsp3) is 0.333. The summed E-state index contributed by atoms with van der Waals surface area (Å²) < 4.78 is 0. The summed E-state index contributed by atoms with van der Waals surface area (Å²) in [6.45, 7) is 11.8. The van der Waals surface area contributed by atoms with Gasteiger partial charge in [-0.05, 0) is 51.1 Å². The molecule has 0 spiro atoms. The molecule has 1 aromatic rings. The zero-order valence-corrected chi connectivity index (χ0v) is 11.1. The Kier molecular flexibility index (Phi) is 4.83. The molecule has 1 rings (SSSR count). The maximum Gasteiger partial charge on any atom is 0.0401 e. The van der Waals surface area contributed by atoms with Crippen molar-refractivity contribution in [3.05, 3.63) is 52.5 Å². The van der Waals surface area contributed by atoms with Crippen LogP contribution in [0.5, 0.6) is 0 Å². The highest BCUT2D eigenvalue weighted by atomic mass is 14.7. The minimum absolute atomic E-state index is 0.851. The van der Waals surface area contributed by atoms with Gasteiger partial charge in [-0.15, -0.1) is 0 Å². The Bertz CT molecular complexity index is 468. The summed E-state index contributed by atoms with van der Waals surface area (Å²) in [5.41, 5.74) is 5.95. The van der Waals surface area contributed by atoms with Crippen LogP contribution in [0.4, 0.5) is 0 Å². The summed E-state index contributed by atoms with van der Waals surface area (Å²) in [4.78, 5) is 8.25. The molecule has 0 aliphatic heterocycles. The molecule has 0 atom stereocenters. The van der Waals surface area contributed by atoms with E-state index in [9.17, 15) is 0 Å². The Balaban J connectivity index is 2.98. The molecule has 90 valence electrons. The molecule has 0 aromatic carbocycles. The first-order valence-electron chi connectivity index (χ1n) is 5.78. The molecule has 0 saturated carbocycles. The second-order valence-electron chi connectivity index (χ2n) is 4.23. The molecule has 17 heavy (non-hydrogen) atoms. The number of aromatic nitrogens is 1. The van der Waals surface area contributed by atoms with Gasteiger partial charge in [0.1, 0.15) is 0 Å². The van der Waals surface area contributed by atoms with Crippen molar-refractivity contribution in [2.75, 3.05) is 0 Å². The normalized spacial score (nSPS) is 12.7. The van der Waals surface area contributed by atoms with Crippen molar-refractivity contribution < 1.29 is 0 Å². The van der Waals surface area contributed by atoms with Crippen LogP contribution in [0.1, 0.15) is 30.7 Å². The Hall–Kier alpha value is -1.70. The summed E-state index contributed by atoms with van der Waals surface area (Å²) in [6, 6.07) is 2.18. The van der Waals surface area contributed by atoms with Crippen LogP contribution in [-0.2, 0) is 6.42 Å². The first kappa shape index (κ1) is 13.4. The Morgan fingerprint density at radius 3 is 2.71 bits per heavy atom. The highest BCUT2D eigenvalue weighted by Crippen LogP contribution is 2.17. The standard InChI is InChI=1S/C15H20N2/c1-6-11(2)15(10-16-5)8-14-7-12(3)13(4)17-9-14/h6-7,9-10H,5,8H2,1-4H3/b11-6-,15-10-. The Labute approximate surface area is 104 Å². The van der Waals surface area contributed by atoms with Crippen molar-refractivity contribution in [2.45, 2.75) is 34.1 Å². The Morgan fingerprint density at radius 2 is 2.18 bits per heavy atom. The molecule has 0 saturated heterocycles. The average Bonchev–Trinajstić information content (AvgIpc) is 2.32. The van der Waals surface area contributed by atoms with Gasteiger partial charge in [-0.3, -0.25) is 9.98 Å². The quantitative estimate of drug-likeness (QED) is 0.568. The number of hydrogen-bond donors (Lipinski definition) is 0. The molecule has 1 aromatic heterocycles. The molecule has 0 fully saturated rings. The van der Waals surface area contributed by atoms with Gasteiger partial charge in [0.05, 0.1) is 0 Å². The van der Waals surface area contributed by atoms with Crippen molar-refractivity contribution in [2.24, 2.45) is 4.99 Å². The maximum atomic E-state index is 4.38. The van der Waals surface area contributed by atoms with Crippen molar-refractivity contribution in [3.63, 3.8) is 0 Å². The third-order valence-electron chi connectivity index (χ3n) is 2.98. The molecule has 0 aliphatic rings. The molecule has 0 aliphatic carbocycles. The lowest BCUT2D eigenvalue weighted by Gasteiger charge is -2.08. The smallest absolute Gasteiger partial charge is 0.0401 e. The molecule has 0 unspecified atom stereocenters. The second-order valence-corrected chi connectivity index (χ2v) is 4.23. The van der Waals surface area contributed by atoms with Gasteiger partial charge >= 0.3 is 0 Å². The molecule has 0 N–H and O–H groups in total. The fourth-order valence-corrected chi connectivity index (χ4v) is 1.60. The maximum absolute atomic E-state index is 4.38. The van der Waals surface area contributed by atoms with Gasteiger partial charge in [0.25, 0.3) is 0 Å². The van der Waals surface area contributed by atoms with E-state index in [-0.39, 0.29) is 0 Å². The predicted molar refractivity (Wildman–Crippen MR) is 74.5 cm³/mol. The first-order valence-corrected chi connectivity index (χ1v) is 5.78. The number of pyridine rings is 1. The molecule has 2 nitrogen and oxygen atoms in total. The summed E-state index contributed by atoms with van der Waals surface area (Å²) in [7, 11) is 0. The third kappa shape index (κ3) is 3.66. The lowest BCUT2D eigenvalue weighted by Crippen LogP contribution is -1.96. The number of nitrogens with zero attached hydrogens (tertiary/aromatic N) is 2. The molecular weight excluding hydrogens is 208 g/mol. The van der Waals surface area contributed by atoms with Gasteiger partial charge in [0.15, 0.2) is 0 Å². The molecule has 0 amide bonds. The molecule has 2 heteroatoms. The molecule has 0 bridgehead atoms. The van der Waals surface area contributed by atoms with Crippen LogP contribution < -0.4 is 0 Å². The van der Waals surface area contributed by atoms with Crippen LogP contribution in [0.3, 0.4) is 0 Å². The van der Waals surface area contributed by atoms with Crippen LogP contribution in [0.25, 0.3) is 0 Å². The lowest BCUT2D eigenvalue weighted by atomic mass is 10.00. The zero-order valence-electron chi connectivity index (χ0n) is 11.1. The third-order valence-corrected chi connectivity index (χ3v) is 2.98. The highest BCUT2D eigenvalue weighted by Gasteiger charge is 2.03. The van der Waals surface area contributed by atoms with E-state index in [1.807, 2.05) is 26.2 Å². The Morgan fingerprint density at radius 1 is 1.47 bits per heavy atom. The van der Waals surface area contributed by atoms with Crippen LogP contribution in [0, 0.1) is 13.8 Å². The summed E-state index contributed by atoms with van der Waals surface area (Å²) in [5.74, 6) is 0. The van der Waals surface area contributed by atoms with E-state index in [1.165, 1.54) is 22.3 Å². The van der Waals surface area contributed by atoms with Gasteiger partial charge in [-0.25, -0.2) is 0 Å². The van der Waals surface area contributed by atoms with E-state index in [4.69, 9.17) is 0 Å². The van der Waals surface area contributed by atoms with Crippen molar-refractivity contribution in [1.82, 2.24) is 4.98 Å². The largest absolute Gasteiger partial charge is 0.272 e. The fourth-order valence-electron chi connectivity index (χ4n) is 1.60. The van der Waals surface area contributed by atoms with Gasteiger partial charge in [0, 0.05) is 24.5 Å². The molecule has 1 heterocycles. The van der Waals surface area contributed by atoms with E-state index in [2.05, 4.69) is 42.7 Å². The average molecular weight is 228 g/mol. The number of aliphatic imine (C=N–C) groups is 1. The van der Waals surface area contributed by atoms with Crippen LogP contribution in [0.2, 0.25) is 0 Å². The number of hydrogen-bond acceptors (Lipinski definition) is 2. The van der Waals surface area contributed by atoms with E-state index >= 15 is 0 Å². The summed E-state index contributed by atoms with van der Waals surface area (Å²) in [6.07, 6.45) is 6.70. The minimum Gasteiger partial charge on any atom is -0.272 e. The minimum atomic E-state index is 0.851. The number of allylic oxidation sites excluding steroid dienone is 3. The molecule has 0 radical (unpaired) electrons. The van der Waals surface area contributed by atoms with Crippen molar-refractivity contribution >= 4 is 6.72 Å². The zero-order chi connectivity index (χ0) is 12.8. The topological polar surface area (TPSA) is 25.2 Å². The molecular formula is C15H20N2.